The van der Waals surface area contributed by atoms with Crippen molar-refractivity contribution >= 4 is 5.96 Å². The van der Waals surface area contributed by atoms with Gasteiger partial charge in [0.1, 0.15) is 23.4 Å². The van der Waals surface area contributed by atoms with Crippen molar-refractivity contribution in [2.45, 2.75) is 39.5 Å². The van der Waals surface area contributed by atoms with E-state index in [-0.39, 0.29) is 18.5 Å². The molecule has 144 valence electrons. The molecule has 2 aromatic rings. The fourth-order valence-corrected chi connectivity index (χ4v) is 3.02. The molecular formula is C20H25FN4O2. The van der Waals surface area contributed by atoms with Gasteiger partial charge >= 0.3 is 0 Å². The molecule has 1 aliphatic heterocycles. The van der Waals surface area contributed by atoms with Gasteiger partial charge in [-0.2, -0.15) is 0 Å². The Bertz CT molecular complexity index is 826. The Morgan fingerprint density at radius 1 is 1.37 bits per heavy atom. The second kappa shape index (κ2) is 8.70. The molecule has 0 saturated carbocycles. The third-order valence-corrected chi connectivity index (χ3v) is 4.31. The SMILES string of the molecule is CCOc1cc2c(cc1CNC(=NC)NCc1ncccc1F)OC(C)C2. The van der Waals surface area contributed by atoms with E-state index in [1.54, 1.807) is 19.3 Å². The number of rotatable bonds is 6. The topological polar surface area (TPSA) is 67.8 Å². The Morgan fingerprint density at radius 2 is 2.19 bits per heavy atom. The van der Waals surface area contributed by atoms with Gasteiger partial charge in [-0.05, 0) is 38.1 Å². The van der Waals surface area contributed by atoms with Gasteiger partial charge in [-0.15, -0.1) is 0 Å². The van der Waals surface area contributed by atoms with Crippen LogP contribution in [-0.2, 0) is 19.5 Å². The number of aliphatic imine (C=N–C) groups is 1. The van der Waals surface area contributed by atoms with Crippen LogP contribution in [0.15, 0.2) is 35.5 Å². The number of hydrogen-bond donors (Lipinski definition) is 2. The Balaban J connectivity index is 1.66. The van der Waals surface area contributed by atoms with Gasteiger partial charge in [-0.25, -0.2) is 4.39 Å². The van der Waals surface area contributed by atoms with Crippen molar-refractivity contribution in [3.63, 3.8) is 0 Å². The molecule has 1 aromatic carbocycles. The molecule has 1 unspecified atom stereocenters. The molecule has 3 rings (SSSR count). The highest BCUT2D eigenvalue weighted by atomic mass is 19.1. The van der Waals surface area contributed by atoms with Gasteiger partial charge in [0.2, 0.25) is 0 Å². The predicted octanol–water partition coefficient (Wildman–Crippen LogP) is 2.81. The largest absolute Gasteiger partial charge is 0.494 e. The molecular weight excluding hydrogens is 347 g/mol. The zero-order valence-corrected chi connectivity index (χ0v) is 15.9. The summed E-state index contributed by atoms with van der Waals surface area (Å²) in [5, 5.41) is 6.30. The molecule has 0 fully saturated rings. The van der Waals surface area contributed by atoms with Gasteiger partial charge < -0.3 is 20.1 Å². The van der Waals surface area contributed by atoms with E-state index >= 15 is 0 Å². The summed E-state index contributed by atoms with van der Waals surface area (Å²) in [6.07, 6.45) is 2.64. The van der Waals surface area contributed by atoms with Crippen LogP contribution in [0.25, 0.3) is 0 Å². The molecule has 27 heavy (non-hydrogen) atoms. The molecule has 2 N–H and O–H groups in total. The molecule has 0 radical (unpaired) electrons. The predicted molar refractivity (Wildman–Crippen MR) is 103 cm³/mol. The van der Waals surface area contributed by atoms with Crippen LogP contribution < -0.4 is 20.1 Å². The number of halogens is 1. The Kier molecular flexibility index (Phi) is 6.11. The van der Waals surface area contributed by atoms with Crippen LogP contribution in [0, 0.1) is 5.82 Å². The van der Waals surface area contributed by atoms with E-state index in [1.807, 2.05) is 13.0 Å². The first-order valence-corrected chi connectivity index (χ1v) is 9.09. The van der Waals surface area contributed by atoms with Crippen LogP contribution >= 0.6 is 0 Å². The number of pyridine rings is 1. The quantitative estimate of drug-likeness (QED) is 0.603. The number of nitrogens with zero attached hydrogens (tertiary/aromatic N) is 2. The lowest BCUT2D eigenvalue weighted by molar-refractivity contribution is 0.254. The highest BCUT2D eigenvalue weighted by Crippen LogP contribution is 2.35. The first-order valence-electron chi connectivity index (χ1n) is 9.09. The lowest BCUT2D eigenvalue weighted by atomic mass is 10.1. The van der Waals surface area contributed by atoms with E-state index < -0.39 is 0 Å². The number of benzene rings is 1. The minimum atomic E-state index is -0.344. The fourth-order valence-electron chi connectivity index (χ4n) is 3.02. The standard InChI is InChI=1S/C20H25FN4O2/c1-4-26-18-9-14-8-13(2)27-19(14)10-15(18)11-24-20(22-3)25-12-17-16(21)6-5-7-23-17/h5-7,9-10,13H,4,8,11-12H2,1-3H3,(H2,22,24,25). The summed E-state index contributed by atoms with van der Waals surface area (Å²) in [4.78, 5) is 8.21. The molecule has 1 aromatic heterocycles. The number of ether oxygens (including phenoxy) is 2. The van der Waals surface area contributed by atoms with E-state index in [2.05, 4.69) is 33.6 Å². The van der Waals surface area contributed by atoms with E-state index in [0.29, 0.717) is 24.8 Å². The second-order valence-corrected chi connectivity index (χ2v) is 6.34. The summed E-state index contributed by atoms with van der Waals surface area (Å²) < 4.78 is 25.3. The van der Waals surface area contributed by atoms with Crippen LogP contribution in [-0.4, -0.2) is 30.7 Å². The molecule has 1 aliphatic rings. The van der Waals surface area contributed by atoms with Gasteiger partial charge in [-0.1, -0.05) is 0 Å². The molecule has 6 nitrogen and oxygen atoms in total. The Hall–Kier alpha value is -2.83. The molecule has 7 heteroatoms. The number of guanidine groups is 1. The highest BCUT2D eigenvalue weighted by Gasteiger charge is 2.21. The number of aromatic nitrogens is 1. The average Bonchev–Trinajstić information content (AvgIpc) is 3.02. The number of nitrogens with one attached hydrogen (secondary N) is 2. The summed E-state index contributed by atoms with van der Waals surface area (Å²) in [6.45, 7) is 5.36. The van der Waals surface area contributed by atoms with Crippen molar-refractivity contribution in [1.82, 2.24) is 15.6 Å². The van der Waals surface area contributed by atoms with Crippen molar-refractivity contribution in [2.75, 3.05) is 13.7 Å². The van der Waals surface area contributed by atoms with Crippen LogP contribution in [0.3, 0.4) is 0 Å². The van der Waals surface area contributed by atoms with Gasteiger partial charge in [0, 0.05) is 37.3 Å². The molecule has 2 heterocycles. The van der Waals surface area contributed by atoms with E-state index in [0.717, 1.165) is 23.5 Å². The average molecular weight is 372 g/mol. The van der Waals surface area contributed by atoms with Crippen LogP contribution in [0.2, 0.25) is 0 Å². The molecule has 1 atom stereocenters. The smallest absolute Gasteiger partial charge is 0.191 e. The zero-order chi connectivity index (χ0) is 19.2. The summed E-state index contributed by atoms with van der Waals surface area (Å²) in [6, 6.07) is 7.03. The summed E-state index contributed by atoms with van der Waals surface area (Å²) >= 11 is 0. The maximum atomic E-state index is 13.7. The summed E-state index contributed by atoms with van der Waals surface area (Å²) in [7, 11) is 1.67. The Morgan fingerprint density at radius 3 is 2.93 bits per heavy atom. The maximum absolute atomic E-state index is 13.7. The minimum absolute atomic E-state index is 0.181. The van der Waals surface area contributed by atoms with Gasteiger partial charge in [0.25, 0.3) is 0 Å². The van der Waals surface area contributed by atoms with Crippen molar-refractivity contribution in [3.05, 3.63) is 53.1 Å². The highest BCUT2D eigenvalue weighted by molar-refractivity contribution is 5.79. The number of fused-ring (bicyclic) bond motifs is 1. The normalized spacial score (nSPS) is 15.9. The second-order valence-electron chi connectivity index (χ2n) is 6.34. The van der Waals surface area contributed by atoms with E-state index in [1.165, 1.54) is 11.6 Å². The summed E-state index contributed by atoms with van der Waals surface area (Å²) in [5.74, 6) is 1.95. The minimum Gasteiger partial charge on any atom is -0.494 e. The van der Waals surface area contributed by atoms with Crippen LogP contribution in [0.5, 0.6) is 11.5 Å². The maximum Gasteiger partial charge on any atom is 0.191 e. The molecule has 0 saturated heterocycles. The van der Waals surface area contributed by atoms with Crippen molar-refractivity contribution in [3.8, 4) is 11.5 Å². The lowest BCUT2D eigenvalue weighted by Gasteiger charge is -2.15. The van der Waals surface area contributed by atoms with Crippen molar-refractivity contribution < 1.29 is 13.9 Å². The van der Waals surface area contributed by atoms with Crippen LogP contribution in [0.1, 0.15) is 30.7 Å². The van der Waals surface area contributed by atoms with Crippen LogP contribution in [0.4, 0.5) is 4.39 Å². The van der Waals surface area contributed by atoms with Gasteiger partial charge in [0.05, 0.1) is 18.8 Å². The molecule has 0 aliphatic carbocycles. The lowest BCUT2D eigenvalue weighted by Crippen LogP contribution is -2.36. The first kappa shape index (κ1) is 18.9. The third-order valence-electron chi connectivity index (χ3n) is 4.31. The molecule has 0 amide bonds. The number of hydrogen-bond acceptors (Lipinski definition) is 4. The first-order chi connectivity index (χ1) is 13.1. The fraction of sp³-hybridized carbons (Fsp3) is 0.400. The molecule has 0 spiro atoms. The Labute approximate surface area is 158 Å². The van der Waals surface area contributed by atoms with Crippen molar-refractivity contribution in [2.24, 2.45) is 4.99 Å². The van der Waals surface area contributed by atoms with Gasteiger partial charge in [-0.3, -0.25) is 9.98 Å². The van der Waals surface area contributed by atoms with Crippen molar-refractivity contribution in [1.29, 1.82) is 0 Å². The molecule has 0 bridgehead atoms. The summed E-state index contributed by atoms with van der Waals surface area (Å²) in [5.41, 5.74) is 2.50. The van der Waals surface area contributed by atoms with E-state index in [4.69, 9.17) is 9.47 Å². The van der Waals surface area contributed by atoms with E-state index in [9.17, 15) is 4.39 Å². The third kappa shape index (κ3) is 4.67. The monoisotopic (exact) mass is 372 g/mol. The van der Waals surface area contributed by atoms with Gasteiger partial charge in [0.15, 0.2) is 5.96 Å². The zero-order valence-electron chi connectivity index (χ0n) is 15.9.